The maximum absolute atomic E-state index is 12.0. The molecule has 0 spiro atoms. The molecule has 1 amide bonds. The Bertz CT molecular complexity index is 714. The van der Waals surface area contributed by atoms with Gasteiger partial charge in [-0.3, -0.25) is 4.79 Å². The van der Waals surface area contributed by atoms with E-state index in [0.29, 0.717) is 25.3 Å². The Morgan fingerprint density at radius 3 is 2.60 bits per heavy atom. The van der Waals surface area contributed by atoms with Crippen molar-refractivity contribution in [1.82, 2.24) is 10.3 Å². The van der Waals surface area contributed by atoms with Crippen molar-refractivity contribution in [2.45, 2.75) is 33.5 Å². The number of methoxy groups -OCH3 is 1. The zero-order chi connectivity index (χ0) is 18.2. The van der Waals surface area contributed by atoms with Crippen LogP contribution in [0.15, 0.2) is 30.5 Å². The van der Waals surface area contributed by atoms with Crippen molar-refractivity contribution in [3.63, 3.8) is 0 Å². The highest BCUT2D eigenvalue weighted by Gasteiger charge is 2.16. The first-order chi connectivity index (χ1) is 12.1. The number of hydrogen-bond acceptors (Lipinski definition) is 5. The van der Waals surface area contributed by atoms with Crippen LogP contribution in [-0.4, -0.2) is 29.7 Å². The second-order valence-electron chi connectivity index (χ2n) is 5.70. The highest BCUT2D eigenvalue weighted by Crippen LogP contribution is 2.24. The molecule has 0 saturated carbocycles. The minimum absolute atomic E-state index is 0.0462. The fourth-order valence-electron chi connectivity index (χ4n) is 2.26. The molecule has 6 nitrogen and oxygen atoms in total. The lowest BCUT2D eigenvalue weighted by Crippen LogP contribution is -2.25. The standard InChI is InChI=1S/C19H24N2O4/c1-4-9-20-19(23)17-18(22)13(2)15(10-21-17)12-25-11-14-5-7-16(24-3)8-6-14/h5-8,10,22H,4,9,11-12H2,1-3H3,(H,20,23). The Balaban J connectivity index is 1.97. The van der Waals surface area contributed by atoms with Crippen molar-refractivity contribution in [2.24, 2.45) is 0 Å². The number of ether oxygens (including phenoxy) is 2. The fourth-order valence-corrected chi connectivity index (χ4v) is 2.26. The van der Waals surface area contributed by atoms with E-state index in [-0.39, 0.29) is 17.4 Å². The molecule has 25 heavy (non-hydrogen) atoms. The van der Waals surface area contributed by atoms with Crippen LogP contribution in [0.4, 0.5) is 0 Å². The quantitative estimate of drug-likeness (QED) is 0.769. The Labute approximate surface area is 147 Å². The Morgan fingerprint density at radius 2 is 1.96 bits per heavy atom. The number of amides is 1. The van der Waals surface area contributed by atoms with Gasteiger partial charge in [-0.25, -0.2) is 4.98 Å². The molecular weight excluding hydrogens is 320 g/mol. The third-order valence-corrected chi connectivity index (χ3v) is 3.85. The molecule has 0 fully saturated rings. The minimum atomic E-state index is -0.367. The van der Waals surface area contributed by atoms with E-state index in [1.807, 2.05) is 31.2 Å². The number of aromatic nitrogens is 1. The van der Waals surface area contributed by atoms with Crippen LogP contribution in [0.25, 0.3) is 0 Å². The maximum Gasteiger partial charge on any atom is 0.273 e. The molecular formula is C19H24N2O4. The number of nitrogens with one attached hydrogen (secondary N) is 1. The highest BCUT2D eigenvalue weighted by atomic mass is 16.5. The van der Waals surface area contributed by atoms with E-state index in [9.17, 15) is 9.90 Å². The molecule has 0 aliphatic heterocycles. The summed E-state index contributed by atoms with van der Waals surface area (Å²) in [6, 6.07) is 7.62. The SMILES string of the molecule is CCCNC(=O)c1ncc(COCc2ccc(OC)cc2)c(C)c1O. The average molecular weight is 344 g/mol. The molecule has 0 unspecified atom stereocenters. The van der Waals surface area contributed by atoms with Gasteiger partial charge in [-0.05, 0) is 31.0 Å². The zero-order valence-electron chi connectivity index (χ0n) is 14.8. The Kier molecular flexibility index (Phi) is 6.77. The number of pyridine rings is 1. The Hall–Kier alpha value is -2.60. The van der Waals surface area contributed by atoms with Gasteiger partial charge < -0.3 is 19.9 Å². The molecule has 134 valence electrons. The van der Waals surface area contributed by atoms with Crippen molar-refractivity contribution in [1.29, 1.82) is 0 Å². The largest absolute Gasteiger partial charge is 0.505 e. The van der Waals surface area contributed by atoms with Crippen LogP contribution < -0.4 is 10.1 Å². The molecule has 0 aliphatic carbocycles. The summed E-state index contributed by atoms with van der Waals surface area (Å²) in [6.07, 6.45) is 2.40. The van der Waals surface area contributed by atoms with Crippen LogP contribution in [0.3, 0.4) is 0 Å². The lowest BCUT2D eigenvalue weighted by molar-refractivity contribution is 0.0943. The summed E-state index contributed by atoms with van der Waals surface area (Å²) in [5, 5.41) is 12.9. The fraction of sp³-hybridized carbons (Fsp3) is 0.368. The second kappa shape index (κ2) is 9.03. The van der Waals surface area contributed by atoms with Gasteiger partial charge in [0.05, 0.1) is 20.3 Å². The predicted molar refractivity (Wildman–Crippen MR) is 94.8 cm³/mol. The van der Waals surface area contributed by atoms with E-state index in [0.717, 1.165) is 23.3 Å². The second-order valence-corrected chi connectivity index (χ2v) is 5.70. The molecule has 2 rings (SSSR count). The first-order valence-corrected chi connectivity index (χ1v) is 8.23. The molecule has 6 heteroatoms. The van der Waals surface area contributed by atoms with Crippen LogP contribution in [0.5, 0.6) is 11.5 Å². The van der Waals surface area contributed by atoms with Gasteiger partial charge in [-0.2, -0.15) is 0 Å². The highest BCUT2D eigenvalue weighted by molar-refractivity contribution is 5.95. The topological polar surface area (TPSA) is 80.7 Å². The number of hydrogen-bond donors (Lipinski definition) is 2. The molecule has 1 heterocycles. The lowest BCUT2D eigenvalue weighted by Gasteiger charge is -2.12. The average Bonchev–Trinajstić information content (AvgIpc) is 2.64. The summed E-state index contributed by atoms with van der Waals surface area (Å²) in [6.45, 7) is 4.99. The lowest BCUT2D eigenvalue weighted by atomic mass is 10.1. The van der Waals surface area contributed by atoms with Gasteiger partial charge in [0.25, 0.3) is 5.91 Å². The molecule has 0 radical (unpaired) electrons. The molecule has 0 atom stereocenters. The molecule has 0 aliphatic rings. The van der Waals surface area contributed by atoms with Crippen LogP contribution >= 0.6 is 0 Å². The minimum Gasteiger partial charge on any atom is -0.505 e. The summed E-state index contributed by atoms with van der Waals surface area (Å²) in [5.74, 6) is 0.331. The molecule has 0 saturated heterocycles. The van der Waals surface area contributed by atoms with Gasteiger partial charge in [0.2, 0.25) is 0 Å². The van der Waals surface area contributed by atoms with Crippen molar-refractivity contribution >= 4 is 5.91 Å². The molecule has 2 N–H and O–H groups in total. The zero-order valence-corrected chi connectivity index (χ0v) is 14.8. The molecule has 0 bridgehead atoms. The van der Waals surface area contributed by atoms with Crippen molar-refractivity contribution in [3.8, 4) is 11.5 Å². The predicted octanol–water partition coefficient (Wildman–Crippen LogP) is 2.96. The van der Waals surface area contributed by atoms with E-state index >= 15 is 0 Å². The summed E-state index contributed by atoms with van der Waals surface area (Å²) >= 11 is 0. The van der Waals surface area contributed by atoms with Crippen LogP contribution in [-0.2, 0) is 18.0 Å². The molecule has 1 aromatic carbocycles. The summed E-state index contributed by atoms with van der Waals surface area (Å²) < 4.78 is 10.8. The molecule has 1 aromatic heterocycles. The monoisotopic (exact) mass is 344 g/mol. The van der Waals surface area contributed by atoms with E-state index in [2.05, 4.69) is 10.3 Å². The summed E-state index contributed by atoms with van der Waals surface area (Å²) in [7, 11) is 1.62. The number of nitrogens with zero attached hydrogens (tertiary/aromatic N) is 1. The maximum atomic E-state index is 12.0. The van der Waals surface area contributed by atoms with E-state index in [1.165, 1.54) is 0 Å². The van der Waals surface area contributed by atoms with Crippen molar-refractivity contribution < 1.29 is 19.4 Å². The number of carbonyl (C=O) groups excluding carboxylic acids is 1. The van der Waals surface area contributed by atoms with Gasteiger partial charge in [0.15, 0.2) is 5.69 Å². The third kappa shape index (κ3) is 4.93. The number of aromatic hydroxyl groups is 1. The normalized spacial score (nSPS) is 10.5. The van der Waals surface area contributed by atoms with E-state index in [4.69, 9.17) is 9.47 Å². The number of benzene rings is 1. The summed E-state index contributed by atoms with van der Waals surface area (Å²) in [5.41, 5.74) is 2.42. The first-order valence-electron chi connectivity index (χ1n) is 8.23. The van der Waals surface area contributed by atoms with Gasteiger partial charge in [-0.1, -0.05) is 19.1 Å². The third-order valence-electron chi connectivity index (χ3n) is 3.85. The van der Waals surface area contributed by atoms with E-state index in [1.54, 1.807) is 20.2 Å². The first kappa shape index (κ1) is 18.7. The van der Waals surface area contributed by atoms with Crippen molar-refractivity contribution in [3.05, 3.63) is 52.8 Å². The number of rotatable bonds is 8. The van der Waals surface area contributed by atoms with Gasteiger partial charge >= 0.3 is 0 Å². The van der Waals surface area contributed by atoms with Gasteiger partial charge in [0.1, 0.15) is 11.5 Å². The molecule has 2 aromatic rings. The smallest absolute Gasteiger partial charge is 0.273 e. The van der Waals surface area contributed by atoms with Crippen molar-refractivity contribution in [2.75, 3.05) is 13.7 Å². The Morgan fingerprint density at radius 1 is 1.24 bits per heavy atom. The van der Waals surface area contributed by atoms with Crippen LogP contribution in [0, 0.1) is 6.92 Å². The van der Waals surface area contributed by atoms with Gasteiger partial charge in [0, 0.05) is 23.9 Å². The van der Waals surface area contributed by atoms with Gasteiger partial charge in [-0.15, -0.1) is 0 Å². The van der Waals surface area contributed by atoms with Crippen LogP contribution in [0.2, 0.25) is 0 Å². The van der Waals surface area contributed by atoms with Crippen LogP contribution in [0.1, 0.15) is 40.5 Å². The van der Waals surface area contributed by atoms with E-state index < -0.39 is 0 Å². The number of carbonyl (C=O) groups is 1. The summed E-state index contributed by atoms with van der Waals surface area (Å²) in [4.78, 5) is 16.0.